The molecule has 2 saturated heterocycles. The fourth-order valence-electron chi connectivity index (χ4n) is 6.12. The molecule has 0 radical (unpaired) electrons. The molecule has 2 aliphatic rings. The highest BCUT2D eigenvalue weighted by atomic mass is 32.2. The zero-order valence-corrected chi connectivity index (χ0v) is 30.2. The molecule has 13 nitrogen and oxygen atoms in total. The summed E-state index contributed by atoms with van der Waals surface area (Å²) in [5.41, 5.74) is 8.49. The first-order valence-electron chi connectivity index (χ1n) is 18.6. The fourth-order valence-corrected chi connectivity index (χ4v) is 6.88. The number of anilines is 2. The number of aryl methyl sites for hydroxylation is 1. The maximum Gasteiger partial charge on any atom is 0.410 e. The number of hydrogen-bond donors (Lipinski definition) is 2. The van der Waals surface area contributed by atoms with Crippen molar-refractivity contribution in [2.24, 2.45) is 5.92 Å². The first-order valence-corrected chi connectivity index (χ1v) is 18.1. The molecule has 14 heteroatoms. The highest BCUT2D eigenvalue weighted by Gasteiger charge is 2.29. The van der Waals surface area contributed by atoms with E-state index in [-0.39, 0.29) is 29.2 Å². The van der Waals surface area contributed by atoms with Crippen molar-refractivity contribution < 1.29 is 23.2 Å². The molecule has 0 bridgehead atoms. The molecule has 0 unspecified atom stereocenters. The van der Waals surface area contributed by atoms with Gasteiger partial charge in [0.05, 0.1) is 18.0 Å². The molecule has 3 amide bonds. The topological polar surface area (TPSA) is 151 Å². The van der Waals surface area contributed by atoms with Gasteiger partial charge in [0.25, 0.3) is 5.69 Å². The Balaban J connectivity index is 1.08. The average molecular weight is 717 g/mol. The highest BCUT2D eigenvalue weighted by molar-refractivity contribution is 7.98. The largest absolute Gasteiger partial charge is 0.444 e. The predicted octanol–water partition coefficient (Wildman–Crippen LogP) is 5.65. The Morgan fingerprint density at radius 3 is 2.37 bits per heavy atom. The SMILES string of the molecule is [2H]C([2H])([2H])C(=O)Nc1ccc(-c2nc(SCc3cccc(CCC(=O)N4CCN(CC5CCN(C(=O)OC(C)(C)C)CC5)CC4)n3)nc(N)c2[N+]#[C-])cc1. The van der Waals surface area contributed by atoms with Crippen LogP contribution in [0.4, 0.5) is 22.0 Å². The first kappa shape index (κ1) is 33.4. The van der Waals surface area contributed by atoms with Crippen LogP contribution in [0.25, 0.3) is 16.1 Å². The van der Waals surface area contributed by atoms with Crippen molar-refractivity contribution in [1.82, 2.24) is 29.7 Å². The molecule has 2 aromatic heterocycles. The van der Waals surface area contributed by atoms with Gasteiger partial charge in [0.1, 0.15) is 11.4 Å². The number of carbonyl (C=O) groups excluding carboxylic acids is 3. The third-order valence-corrected chi connectivity index (χ3v) is 9.62. The molecule has 0 atom stereocenters. The Morgan fingerprint density at radius 1 is 1.00 bits per heavy atom. The molecule has 0 aliphatic carbocycles. The number of likely N-dealkylation sites (tertiary alicyclic amines) is 1. The van der Waals surface area contributed by atoms with E-state index in [0.29, 0.717) is 67.1 Å². The molecular weight excluding hydrogens is 667 g/mol. The van der Waals surface area contributed by atoms with E-state index in [4.69, 9.17) is 26.1 Å². The van der Waals surface area contributed by atoms with Crippen LogP contribution in [0.15, 0.2) is 47.6 Å². The summed E-state index contributed by atoms with van der Waals surface area (Å²) in [6.45, 7) is 16.0. The lowest BCUT2D eigenvalue weighted by atomic mass is 9.96. The number of nitrogens with one attached hydrogen (secondary N) is 1. The van der Waals surface area contributed by atoms with Crippen LogP contribution in [0.3, 0.4) is 0 Å². The van der Waals surface area contributed by atoms with E-state index in [1.54, 1.807) is 17.0 Å². The van der Waals surface area contributed by atoms with Gasteiger partial charge < -0.3 is 25.6 Å². The van der Waals surface area contributed by atoms with Crippen molar-refractivity contribution in [3.05, 3.63) is 65.3 Å². The molecule has 0 saturated carbocycles. The summed E-state index contributed by atoms with van der Waals surface area (Å²) in [5, 5.41) is 2.69. The lowest BCUT2D eigenvalue weighted by molar-refractivity contribution is -0.133. The van der Waals surface area contributed by atoms with E-state index >= 15 is 0 Å². The Bertz CT molecular complexity index is 1850. The Kier molecular flexibility index (Phi) is 11.1. The second-order valence-corrected chi connectivity index (χ2v) is 14.7. The van der Waals surface area contributed by atoms with Gasteiger partial charge in [-0.15, -0.1) is 0 Å². The number of nitrogens with zero attached hydrogens (tertiary/aromatic N) is 7. The Hall–Kier alpha value is -4.74. The van der Waals surface area contributed by atoms with Crippen molar-refractivity contribution in [3.8, 4) is 11.3 Å². The lowest BCUT2D eigenvalue weighted by Gasteiger charge is -2.39. The van der Waals surface area contributed by atoms with E-state index in [1.165, 1.54) is 23.9 Å². The standard InChI is InChI=1S/C37H47N9O4S/c1-25(47)40-29-11-9-27(10-12-29)32-33(39-5)34(38)43-35(42-32)51-24-30-8-6-7-28(41-30)13-14-31(48)45-21-19-44(20-22-45)23-26-15-17-46(18-16-26)36(49)50-37(2,3)4/h6-12,26H,13-24H2,1-4H3,(H,40,47)(H2,38,42,43)/i1D3. The monoisotopic (exact) mass is 716 g/mol. The van der Waals surface area contributed by atoms with Crippen LogP contribution in [0.2, 0.25) is 0 Å². The third-order valence-electron chi connectivity index (χ3n) is 8.73. The average Bonchev–Trinajstić information content (AvgIpc) is 3.13. The van der Waals surface area contributed by atoms with E-state index in [0.717, 1.165) is 43.9 Å². The summed E-state index contributed by atoms with van der Waals surface area (Å²) in [6.07, 6.45) is 2.56. The summed E-state index contributed by atoms with van der Waals surface area (Å²) in [7, 11) is 0. The van der Waals surface area contributed by atoms with E-state index in [2.05, 4.69) is 25.0 Å². The fraction of sp³-hybridized carbons (Fsp3) is 0.486. The number of nitrogen functional groups attached to an aromatic ring is 1. The van der Waals surface area contributed by atoms with Crippen LogP contribution in [-0.2, 0) is 26.5 Å². The number of nitrogens with two attached hydrogens (primary N) is 1. The van der Waals surface area contributed by atoms with Gasteiger partial charge in [-0.3, -0.25) is 19.5 Å². The summed E-state index contributed by atoms with van der Waals surface area (Å²) < 4.78 is 27.2. The second-order valence-electron chi connectivity index (χ2n) is 13.7. The molecule has 2 fully saturated rings. The number of aromatic nitrogens is 3. The number of piperazine rings is 1. The van der Waals surface area contributed by atoms with Crippen molar-refractivity contribution >= 4 is 46.9 Å². The van der Waals surface area contributed by atoms with Gasteiger partial charge >= 0.3 is 6.09 Å². The van der Waals surface area contributed by atoms with Gasteiger partial charge in [-0.2, -0.15) is 0 Å². The lowest BCUT2D eigenvalue weighted by Crippen LogP contribution is -2.51. The van der Waals surface area contributed by atoms with Gasteiger partial charge in [-0.05, 0) is 75.8 Å². The molecule has 2 aliphatic heterocycles. The summed E-state index contributed by atoms with van der Waals surface area (Å²) in [4.78, 5) is 60.7. The van der Waals surface area contributed by atoms with Crippen LogP contribution >= 0.6 is 11.8 Å². The molecular formula is C37H47N9O4S. The zero-order chi connectivity index (χ0) is 39.0. The van der Waals surface area contributed by atoms with Crippen LogP contribution < -0.4 is 11.1 Å². The minimum Gasteiger partial charge on any atom is -0.444 e. The van der Waals surface area contributed by atoms with Crippen LogP contribution in [0.1, 0.15) is 62.4 Å². The third kappa shape index (κ3) is 10.9. The number of thioether (sulfide) groups is 1. The number of benzene rings is 1. The van der Waals surface area contributed by atoms with Gasteiger partial charge in [0, 0.05) is 80.3 Å². The normalized spacial score (nSPS) is 16.8. The van der Waals surface area contributed by atoms with Gasteiger partial charge in [-0.1, -0.05) is 30.0 Å². The Labute approximate surface area is 308 Å². The number of piperidine rings is 1. The van der Waals surface area contributed by atoms with E-state index in [1.807, 2.05) is 43.9 Å². The predicted molar refractivity (Wildman–Crippen MR) is 198 cm³/mol. The number of rotatable bonds is 10. The number of amides is 3. The minimum absolute atomic E-state index is 0.0268. The highest BCUT2D eigenvalue weighted by Crippen LogP contribution is 2.35. The number of ether oxygens (including phenoxy) is 1. The maximum absolute atomic E-state index is 13.1. The Morgan fingerprint density at radius 2 is 1.71 bits per heavy atom. The molecule has 3 N–H and O–H groups in total. The molecule has 270 valence electrons. The molecule has 51 heavy (non-hydrogen) atoms. The minimum atomic E-state index is -2.78. The number of hydrogen-bond acceptors (Lipinski definition) is 10. The van der Waals surface area contributed by atoms with Crippen LogP contribution in [0, 0.1) is 12.5 Å². The molecule has 5 rings (SSSR count). The van der Waals surface area contributed by atoms with Crippen molar-refractivity contribution in [1.29, 1.82) is 0 Å². The number of pyridine rings is 1. The second kappa shape index (κ2) is 17.0. The summed E-state index contributed by atoms with van der Waals surface area (Å²) in [6, 6.07) is 12.0. The van der Waals surface area contributed by atoms with Crippen molar-refractivity contribution in [2.45, 2.75) is 69.8 Å². The van der Waals surface area contributed by atoms with E-state index < -0.39 is 18.4 Å². The summed E-state index contributed by atoms with van der Waals surface area (Å²) in [5.74, 6) is 0.00623. The molecule has 4 heterocycles. The first-order chi connectivity index (χ1) is 25.6. The van der Waals surface area contributed by atoms with E-state index in [9.17, 15) is 14.4 Å². The van der Waals surface area contributed by atoms with Crippen LogP contribution in [0.5, 0.6) is 0 Å². The smallest absolute Gasteiger partial charge is 0.410 e. The molecule has 1 aromatic carbocycles. The van der Waals surface area contributed by atoms with Gasteiger partial charge in [-0.25, -0.2) is 19.6 Å². The summed E-state index contributed by atoms with van der Waals surface area (Å²) >= 11 is 1.31. The molecule has 3 aromatic rings. The van der Waals surface area contributed by atoms with Crippen LogP contribution in [-0.4, -0.2) is 99.0 Å². The van der Waals surface area contributed by atoms with Gasteiger partial charge in [0.2, 0.25) is 11.8 Å². The zero-order valence-electron chi connectivity index (χ0n) is 32.4. The van der Waals surface area contributed by atoms with Crippen molar-refractivity contribution in [3.63, 3.8) is 0 Å². The number of carbonyl (C=O) groups is 3. The molecule has 0 spiro atoms. The maximum atomic E-state index is 13.1. The van der Waals surface area contributed by atoms with Gasteiger partial charge in [0.15, 0.2) is 5.16 Å². The quantitative estimate of drug-likeness (QED) is 0.153. The van der Waals surface area contributed by atoms with Crippen molar-refractivity contribution in [2.75, 3.05) is 56.9 Å².